The zero-order valence-electron chi connectivity index (χ0n) is 14.5. The first-order valence-electron chi connectivity index (χ1n) is 8.27. The number of aromatic nitrogens is 4. The van der Waals surface area contributed by atoms with Crippen LogP contribution in [0.4, 0.5) is 5.82 Å². The molecule has 4 rings (SSSR count). The number of nitrogens with zero attached hydrogens (tertiary/aromatic N) is 4. The number of aryl methyl sites for hydroxylation is 1. The van der Waals surface area contributed by atoms with Gasteiger partial charge in [0.1, 0.15) is 17.9 Å². The molecule has 0 aliphatic rings. The number of aldehydes is 1. The van der Waals surface area contributed by atoms with Gasteiger partial charge in [0.15, 0.2) is 0 Å². The molecule has 0 aliphatic heterocycles. The van der Waals surface area contributed by atoms with Gasteiger partial charge in [-0.15, -0.1) is 5.10 Å². The first kappa shape index (κ1) is 16.0. The van der Waals surface area contributed by atoms with Crippen LogP contribution in [0.25, 0.3) is 28.2 Å². The molecule has 2 aromatic heterocycles. The van der Waals surface area contributed by atoms with Crippen LogP contribution in [0.3, 0.4) is 0 Å². The summed E-state index contributed by atoms with van der Waals surface area (Å²) in [5.41, 5.74) is 4.29. The van der Waals surface area contributed by atoms with Crippen molar-refractivity contribution < 1.29 is 4.79 Å². The fourth-order valence-electron chi connectivity index (χ4n) is 3.04. The second kappa shape index (κ2) is 6.40. The molecule has 0 amide bonds. The van der Waals surface area contributed by atoms with Gasteiger partial charge in [-0.1, -0.05) is 54.6 Å². The summed E-state index contributed by atoms with van der Waals surface area (Å²) < 4.78 is 1.72. The van der Waals surface area contributed by atoms with E-state index in [9.17, 15) is 4.79 Å². The molecule has 0 radical (unpaired) electrons. The van der Waals surface area contributed by atoms with Crippen LogP contribution in [-0.4, -0.2) is 32.9 Å². The van der Waals surface area contributed by atoms with Gasteiger partial charge < -0.3 is 5.32 Å². The lowest BCUT2D eigenvalue weighted by molar-refractivity contribution is 0.112. The second-order valence-electron chi connectivity index (χ2n) is 5.91. The Morgan fingerprint density at radius 2 is 1.69 bits per heavy atom. The van der Waals surface area contributed by atoms with Crippen molar-refractivity contribution in [3.63, 3.8) is 0 Å². The zero-order valence-corrected chi connectivity index (χ0v) is 14.5. The van der Waals surface area contributed by atoms with Crippen molar-refractivity contribution in [3.8, 4) is 22.4 Å². The number of hydrogen-bond donors (Lipinski definition) is 1. The van der Waals surface area contributed by atoms with Gasteiger partial charge in [0.25, 0.3) is 5.78 Å². The number of nitrogens with one attached hydrogen (secondary N) is 1. The molecule has 1 N–H and O–H groups in total. The van der Waals surface area contributed by atoms with E-state index in [1.54, 1.807) is 16.6 Å². The van der Waals surface area contributed by atoms with Crippen LogP contribution in [0.1, 0.15) is 16.2 Å². The number of carbonyl (C=O) groups is 1. The molecule has 6 nitrogen and oxygen atoms in total. The zero-order chi connectivity index (χ0) is 18.1. The molecule has 26 heavy (non-hydrogen) atoms. The van der Waals surface area contributed by atoms with Crippen molar-refractivity contribution in [1.82, 2.24) is 19.6 Å². The lowest BCUT2D eigenvalue weighted by Gasteiger charge is -2.15. The fourth-order valence-corrected chi connectivity index (χ4v) is 3.04. The third kappa shape index (κ3) is 2.61. The van der Waals surface area contributed by atoms with Gasteiger partial charge in [-0.05, 0) is 12.5 Å². The molecule has 0 unspecified atom stereocenters. The van der Waals surface area contributed by atoms with E-state index in [2.05, 4.69) is 15.4 Å². The van der Waals surface area contributed by atoms with Crippen LogP contribution in [-0.2, 0) is 0 Å². The van der Waals surface area contributed by atoms with E-state index < -0.39 is 0 Å². The molecule has 0 saturated heterocycles. The van der Waals surface area contributed by atoms with Gasteiger partial charge in [-0.25, -0.2) is 4.98 Å². The summed E-state index contributed by atoms with van der Waals surface area (Å²) in [6.45, 7) is 1.84. The van der Waals surface area contributed by atoms with E-state index in [4.69, 9.17) is 4.98 Å². The molecule has 0 fully saturated rings. The summed E-state index contributed by atoms with van der Waals surface area (Å²) in [4.78, 5) is 20.2. The molecule has 2 aromatic carbocycles. The molecule has 6 heteroatoms. The second-order valence-corrected chi connectivity index (χ2v) is 5.91. The molecule has 2 heterocycles. The molecule has 0 atom stereocenters. The average molecular weight is 343 g/mol. The third-order valence-electron chi connectivity index (χ3n) is 4.21. The fraction of sp³-hybridized carbons (Fsp3) is 0.100. The molecule has 4 aromatic rings. The number of fused-ring (bicyclic) bond motifs is 1. The summed E-state index contributed by atoms with van der Waals surface area (Å²) >= 11 is 0. The van der Waals surface area contributed by atoms with Crippen LogP contribution in [0.15, 0.2) is 54.6 Å². The number of hydrogen-bond acceptors (Lipinski definition) is 5. The maximum absolute atomic E-state index is 11.0. The monoisotopic (exact) mass is 343 g/mol. The Balaban J connectivity index is 2.07. The van der Waals surface area contributed by atoms with Gasteiger partial charge in [-0.3, -0.25) is 4.79 Å². The normalized spacial score (nSPS) is 10.8. The van der Waals surface area contributed by atoms with E-state index in [0.29, 0.717) is 17.2 Å². The maximum atomic E-state index is 11.0. The lowest BCUT2D eigenvalue weighted by Crippen LogP contribution is -2.06. The third-order valence-corrected chi connectivity index (χ3v) is 4.21. The Morgan fingerprint density at radius 3 is 2.35 bits per heavy atom. The Hall–Kier alpha value is -3.54. The maximum Gasteiger partial charge on any atom is 0.254 e. The minimum absolute atomic E-state index is 0.529. The predicted octanol–water partition coefficient (Wildman–Crippen LogP) is 3.62. The average Bonchev–Trinajstić information content (AvgIpc) is 3.07. The van der Waals surface area contributed by atoms with Crippen LogP contribution in [0.5, 0.6) is 0 Å². The van der Waals surface area contributed by atoms with Gasteiger partial charge >= 0.3 is 0 Å². The van der Waals surface area contributed by atoms with E-state index >= 15 is 0 Å². The first-order chi connectivity index (χ1) is 12.7. The SMILES string of the molecule is CNc1c(-c2ccccc2)c(-c2ccc(C=O)cc2)nc2nc(C)nn12. The number of benzene rings is 2. The van der Waals surface area contributed by atoms with E-state index in [0.717, 1.165) is 34.5 Å². The Bertz CT molecular complexity index is 1080. The van der Waals surface area contributed by atoms with Crippen molar-refractivity contribution in [2.24, 2.45) is 0 Å². The summed E-state index contributed by atoms with van der Waals surface area (Å²) in [6.07, 6.45) is 0.833. The molecule has 0 saturated carbocycles. The molecule has 0 aliphatic carbocycles. The van der Waals surface area contributed by atoms with Gasteiger partial charge in [0, 0.05) is 18.2 Å². The van der Waals surface area contributed by atoms with E-state index in [-0.39, 0.29) is 0 Å². The molecular formula is C20H17N5O. The standard InChI is InChI=1S/C20H17N5O/c1-13-22-20-23-18(16-10-8-14(12-26)9-11-16)17(15-6-4-3-5-7-15)19(21-2)25(20)24-13/h3-12,21H,1-2H3. The summed E-state index contributed by atoms with van der Waals surface area (Å²) in [6, 6.07) is 17.4. The van der Waals surface area contributed by atoms with Crippen molar-refractivity contribution in [3.05, 3.63) is 66.0 Å². The highest BCUT2D eigenvalue weighted by Gasteiger charge is 2.19. The minimum Gasteiger partial charge on any atom is -0.372 e. The van der Waals surface area contributed by atoms with Crippen molar-refractivity contribution in [1.29, 1.82) is 0 Å². The van der Waals surface area contributed by atoms with Gasteiger partial charge in [0.2, 0.25) is 0 Å². The van der Waals surface area contributed by atoms with Crippen molar-refractivity contribution >= 4 is 17.9 Å². The van der Waals surface area contributed by atoms with Crippen LogP contribution in [0.2, 0.25) is 0 Å². The summed E-state index contributed by atoms with van der Waals surface area (Å²) in [5, 5.41) is 7.71. The number of carbonyl (C=O) groups excluding carboxylic acids is 1. The van der Waals surface area contributed by atoms with Crippen LogP contribution >= 0.6 is 0 Å². The lowest BCUT2D eigenvalue weighted by atomic mass is 9.99. The Labute approximate surface area is 150 Å². The Kier molecular flexibility index (Phi) is 3.93. The highest BCUT2D eigenvalue weighted by atomic mass is 16.1. The number of anilines is 1. The first-order valence-corrected chi connectivity index (χ1v) is 8.27. The molecular weight excluding hydrogens is 326 g/mol. The molecule has 128 valence electrons. The van der Waals surface area contributed by atoms with Crippen LogP contribution < -0.4 is 5.32 Å². The highest BCUT2D eigenvalue weighted by Crippen LogP contribution is 2.36. The van der Waals surface area contributed by atoms with Gasteiger partial charge in [0.05, 0.1) is 11.3 Å². The summed E-state index contributed by atoms with van der Waals surface area (Å²) in [7, 11) is 1.86. The topological polar surface area (TPSA) is 72.2 Å². The minimum atomic E-state index is 0.529. The van der Waals surface area contributed by atoms with Crippen LogP contribution in [0, 0.1) is 6.92 Å². The van der Waals surface area contributed by atoms with Crippen molar-refractivity contribution in [2.45, 2.75) is 6.92 Å². The highest BCUT2D eigenvalue weighted by molar-refractivity contribution is 5.90. The summed E-state index contributed by atoms with van der Waals surface area (Å²) in [5.74, 6) is 2.00. The van der Waals surface area contributed by atoms with E-state index in [1.165, 1.54) is 0 Å². The van der Waals surface area contributed by atoms with Crippen molar-refractivity contribution in [2.75, 3.05) is 12.4 Å². The molecule has 0 spiro atoms. The quantitative estimate of drug-likeness (QED) is 0.573. The van der Waals surface area contributed by atoms with E-state index in [1.807, 2.05) is 56.4 Å². The smallest absolute Gasteiger partial charge is 0.254 e. The molecule has 0 bridgehead atoms. The van der Waals surface area contributed by atoms with Gasteiger partial charge in [-0.2, -0.15) is 9.50 Å². The predicted molar refractivity (Wildman–Crippen MR) is 101 cm³/mol. The Morgan fingerprint density at radius 1 is 0.962 bits per heavy atom. The largest absolute Gasteiger partial charge is 0.372 e. The number of rotatable bonds is 4.